The zero-order valence-corrected chi connectivity index (χ0v) is 13.2. The molecule has 0 amide bonds. The second kappa shape index (κ2) is 6.53. The maximum Gasteiger partial charge on any atom is 0.226 e. The largest absolute Gasteiger partial charge is 0.367 e. The van der Waals surface area contributed by atoms with Gasteiger partial charge in [-0.25, -0.2) is 4.98 Å². The van der Waals surface area contributed by atoms with Crippen LogP contribution in [0.15, 0.2) is 4.52 Å². The fourth-order valence-corrected chi connectivity index (χ4v) is 2.49. The average Bonchev–Trinajstić information content (AvgIpc) is 3.08. The molecule has 1 unspecified atom stereocenters. The predicted molar refractivity (Wildman–Crippen MR) is 77.9 cm³/mol. The van der Waals surface area contributed by atoms with E-state index in [1.165, 1.54) is 0 Å². The maximum atomic E-state index is 5.75. The van der Waals surface area contributed by atoms with Crippen LogP contribution < -0.4 is 0 Å². The van der Waals surface area contributed by atoms with Gasteiger partial charge in [0.15, 0.2) is 11.6 Å². The van der Waals surface area contributed by atoms with Gasteiger partial charge in [-0.15, -0.1) is 0 Å². The summed E-state index contributed by atoms with van der Waals surface area (Å²) in [6, 6.07) is 0. The van der Waals surface area contributed by atoms with Gasteiger partial charge in [0, 0.05) is 19.5 Å². The summed E-state index contributed by atoms with van der Waals surface area (Å²) in [6.07, 6.45) is 0.704. The lowest BCUT2D eigenvalue weighted by Crippen LogP contribution is -2.38. The molecule has 3 heterocycles. The molecule has 1 N–H and O–H groups in total. The number of H-pyrrole nitrogens is 1. The third kappa shape index (κ3) is 3.69. The van der Waals surface area contributed by atoms with Crippen LogP contribution in [-0.4, -0.2) is 49.9 Å². The summed E-state index contributed by atoms with van der Waals surface area (Å²) in [4.78, 5) is 11.0. The van der Waals surface area contributed by atoms with E-state index >= 15 is 0 Å². The number of aromatic amines is 1. The predicted octanol–water partition coefficient (Wildman–Crippen LogP) is 1.27. The molecule has 0 radical (unpaired) electrons. The number of hydrogen-bond donors (Lipinski definition) is 1. The molecule has 0 bridgehead atoms. The van der Waals surface area contributed by atoms with Crippen molar-refractivity contribution in [1.82, 2.24) is 30.2 Å². The summed E-state index contributed by atoms with van der Waals surface area (Å²) in [6.45, 7) is 9.02. The van der Waals surface area contributed by atoms with E-state index in [0.29, 0.717) is 30.8 Å². The third-order valence-corrected chi connectivity index (χ3v) is 3.51. The molecule has 2 aromatic heterocycles. The minimum atomic E-state index is -0.110. The van der Waals surface area contributed by atoms with Crippen molar-refractivity contribution < 1.29 is 9.26 Å². The minimum absolute atomic E-state index is 0.110. The van der Waals surface area contributed by atoms with E-state index in [2.05, 4.69) is 44.1 Å². The lowest BCUT2D eigenvalue weighted by molar-refractivity contribution is -0.0379. The van der Waals surface area contributed by atoms with Crippen molar-refractivity contribution in [2.45, 2.75) is 39.8 Å². The van der Waals surface area contributed by atoms with E-state index in [4.69, 9.17) is 9.26 Å². The molecule has 0 aliphatic carbocycles. The van der Waals surface area contributed by atoms with Crippen molar-refractivity contribution in [3.63, 3.8) is 0 Å². The topological polar surface area (TPSA) is 93.0 Å². The lowest BCUT2D eigenvalue weighted by Gasteiger charge is -2.30. The van der Waals surface area contributed by atoms with Gasteiger partial charge in [-0.05, 0) is 12.8 Å². The Morgan fingerprint density at radius 3 is 2.95 bits per heavy atom. The number of rotatable bonds is 5. The van der Waals surface area contributed by atoms with Crippen LogP contribution in [0.2, 0.25) is 0 Å². The molecule has 0 spiro atoms. The molecule has 1 atom stereocenters. The van der Waals surface area contributed by atoms with Gasteiger partial charge < -0.3 is 9.26 Å². The third-order valence-electron chi connectivity index (χ3n) is 3.51. The van der Waals surface area contributed by atoms with Crippen LogP contribution in [0.3, 0.4) is 0 Å². The van der Waals surface area contributed by atoms with Gasteiger partial charge >= 0.3 is 0 Å². The Bertz CT molecular complexity index is 608. The van der Waals surface area contributed by atoms with Gasteiger partial charge in [0.25, 0.3) is 0 Å². The first-order valence-electron chi connectivity index (χ1n) is 7.64. The lowest BCUT2D eigenvalue weighted by atomic mass is 10.1. The van der Waals surface area contributed by atoms with E-state index in [9.17, 15) is 0 Å². The molecule has 120 valence electrons. The Balaban J connectivity index is 1.59. The van der Waals surface area contributed by atoms with Crippen molar-refractivity contribution in [1.29, 1.82) is 0 Å². The molecule has 1 aliphatic heterocycles. The number of aromatic nitrogens is 5. The van der Waals surface area contributed by atoms with Gasteiger partial charge in [0.2, 0.25) is 5.89 Å². The standard InChI is InChI=1S/C14H22N6O2/c1-9(2)6-13-16-12(19-22-13)8-20-4-5-21-11(7-20)14-15-10(3)17-18-14/h9,11H,4-8H2,1-3H3,(H,15,17,18). The van der Waals surface area contributed by atoms with Crippen LogP contribution >= 0.6 is 0 Å². The summed E-state index contributed by atoms with van der Waals surface area (Å²) in [5.41, 5.74) is 0. The molecule has 1 saturated heterocycles. The van der Waals surface area contributed by atoms with E-state index in [1.807, 2.05) is 6.92 Å². The van der Waals surface area contributed by atoms with E-state index in [-0.39, 0.29) is 6.10 Å². The molecule has 3 rings (SSSR count). The summed E-state index contributed by atoms with van der Waals surface area (Å²) < 4.78 is 11.0. The van der Waals surface area contributed by atoms with Crippen LogP contribution in [-0.2, 0) is 17.7 Å². The Morgan fingerprint density at radius 1 is 1.36 bits per heavy atom. The number of nitrogens with zero attached hydrogens (tertiary/aromatic N) is 5. The fourth-order valence-electron chi connectivity index (χ4n) is 2.49. The van der Waals surface area contributed by atoms with Crippen molar-refractivity contribution >= 4 is 0 Å². The second-order valence-electron chi connectivity index (χ2n) is 6.08. The SMILES string of the molecule is Cc1nc(C2CN(Cc3noc(CC(C)C)n3)CCO2)n[nH]1. The van der Waals surface area contributed by atoms with Crippen molar-refractivity contribution in [2.75, 3.05) is 19.7 Å². The summed E-state index contributed by atoms with van der Waals surface area (Å²) in [5, 5.41) is 11.1. The quantitative estimate of drug-likeness (QED) is 0.889. The normalized spacial score (nSPS) is 19.9. The Labute approximate surface area is 129 Å². The number of morpholine rings is 1. The molecule has 2 aromatic rings. The van der Waals surface area contributed by atoms with Crippen LogP contribution in [0.5, 0.6) is 0 Å². The van der Waals surface area contributed by atoms with Gasteiger partial charge in [-0.3, -0.25) is 10.00 Å². The highest BCUT2D eigenvalue weighted by Crippen LogP contribution is 2.20. The number of aryl methyl sites for hydroxylation is 1. The van der Waals surface area contributed by atoms with E-state index < -0.39 is 0 Å². The molecule has 8 nitrogen and oxygen atoms in total. The van der Waals surface area contributed by atoms with E-state index in [1.54, 1.807) is 0 Å². The van der Waals surface area contributed by atoms with Crippen LogP contribution in [0, 0.1) is 12.8 Å². The van der Waals surface area contributed by atoms with Gasteiger partial charge in [-0.1, -0.05) is 19.0 Å². The smallest absolute Gasteiger partial charge is 0.226 e. The monoisotopic (exact) mass is 306 g/mol. The summed E-state index contributed by atoms with van der Waals surface area (Å²) in [7, 11) is 0. The molecule has 1 aliphatic rings. The number of hydrogen-bond acceptors (Lipinski definition) is 7. The number of ether oxygens (including phenoxy) is 1. The molecule has 22 heavy (non-hydrogen) atoms. The second-order valence-corrected chi connectivity index (χ2v) is 6.08. The van der Waals surface area contributed by atoms with Gasteiger partial charge in [-0.2, -0.15) is 10.1 Å². The van der Waals surface area contributed by atoms with E-state index in [0.717, 1.165) is 31.2 Å². The Hall–Kier alpha value is -1.80. The maximum absolute atomic E-state index is 5.75. The Morgan fingerprint density at radius 2 is 2.23 bits per heavy atom. The molecule has 1 fully saturated rings. The van der Waals surface area contributed by atoms with Gasteiger partial charge in [0.1, 0.15) is 11.9 Å². The molecular weight excluding hydrogens is 284 g/mol. The first-order valence-corrected chi connectivity index (χ1v) is 7.64. The highest BCUT2D eigenvalue weighted by atomic mass is 16.5. The van der Waals surface area contributed by atoms with Crippen LogP contribution in [0.1, 0.15) is 43.3 Å². The van der Waals surface area contributed by atoms with Crippen LogP contribution in [0.4, 0.5) is 0 Å². The first kappa shape index (κ1) is 15.1. The average molecular weight is 306 g/mol. The first-order chi connectivity index (χ1) is 10.6. The Kier molecular flexibility index (Phi) is 4.49. The minimum Gasteiger partial charge on any atom is -0.367 e. The summed E-state index contributed by atoms with van der Waals surface area (Å²) >= 11 is 0. The summed E-state index contributed by atoms with van der Waals surface area (Å²) in [5.74, 6) is 3.44. The highest BCUT2D eigenvalue weighted by Gasteiger charge is 2.26. The zero-order chi connectivity index (χ0) is 15.5. The van der Waals surface area contributed by atoms with Gasteiger partial charge in [0.05, 0.1) is 13.2 Å². The van der Waals surface area contributed by atoms with Crippen molar-refractivity contribution in [2.24, 2.45) is 5.92 Å². The van der Waals surface area contributed by atoms with Crippen molar-refractivity contribution in [3.8, 4) is 0 Å². The van der Waals surface area contributed by atoms with Crippen molar-refractivity contribution in [3.05, 3.63) is 23.4 Å². The van der Waals surface area contributed by atoms with Crippen LogP contribution in [0.25, 0.3) is 0 Å². The highest BCUT2D eigenvalue weighted by molar-refractivity contribution is 4.96. The molecule has 0 saturated carbocycles. The fraction of sp³-hybridized carbons (Fsp3) is 0.714. The molecule has 8 heteroatoms. The molecular formula is C14H22N6O2. The molecule has 0 aromatic carbocycles. The number of nitrogens with one attached hydrogen (secondary N) is 1. The zero-order valence-electron chi connectivity index (χ0n) is 13.2.